The fraction of sp³-hybridized carbons (Fsp3) is 0.385. The van der Waals surface area contributed by atoms with Gasteiger partial charge in [-0.1, -0.05) is 37.9 Å². The number of aliphatic carboxylic acids is 1. The van der Waals surface area contributed by atoms with Crippen molar-refractivity contribution in [2.75, 3.05) is 0 Å². The Hall–Kier alpha value is -2.15. The van der Waals surface area contributed by atoms with E-state index < -0.39 is 28.5 Å². The van der Waals surface area contributed by atoms with Gasteiger partial charge in [-0.3, -0.25) is 14.9 Å². The molecule has 0 fully saturated rings. The lowest BCUT2D eigenvalue weighted by atomic mass is 9.99. The molecule has 0 radical (unpaired) electrons. The molecule has 0 unspecified atom stereocenters. The molecule has 0 aromatic heterocycles. The van der Waals surface area contributed by atoms with Gasteiger partial charge in [0.25, 0.3) is 11.6 Å². The van der Waals surface area contributed by atoms with Crippen molar-refractivity contribution in [2.24, 2.45) is 5.92 Å². The molecule has 21 heavy (non-hydrogen) atoms. The lowest BCUT2D eigenvalue weighted by Gasteiger charge is -2.20. The third-order valence-electron chi connectivity index (χ3n) is 3.19. The van der Waals surface area contributed by atoms with Crippen LogP contribution in [-0.2, 0) is 4.79 Å². The second kappa shape index (κ2) is 7.03. The van der Waals surface area contributed by atoms with Crippen LogP contribution in [0.1, 0.15) is 30.6 Å². The van der Waals surface area contributed by atoms with Crippen LogP contribution in [0.4, 0.5) is 5.69 Å². The summed E-state index contributed by atoms with van der Waals surface area (Å²) >= 11 is 5.83. The van der Waals surface area contributed by atoms with Gasteiger partial charge in [-0.2, -0.15) is 0 Å². The molecule has 7 nitrogen and oxygen atoms in total. The Bertz CT molecular complexity index is 576. The number of halogens is 1. The minimum Gasteiger partial charge on any atom is -0.480 e. The maximum absolute atomic E-state index is 12.1. The van der Waals surface area contributed by atoms with Crippen LogP contribution >= 0.6 is 11.6 Å². The third-order valence-corrected chi connectivity index (χ3v) is 3.58. The number of carboxylic acids is 1. The van der Waals surface area contributed by atoms with Crippen LogP contribution in [0.2, 0.25) is 5.02 Å². The third kappa shape index (κ3) is 3.91. The van der Waals surface area contributed by atoms with Crippen molar-refractivity contribution >= 4 is 29.2 Å². The standard InChI is InChI=1S/C13H15ClN2O5/c1-3-7(2)11(13(18)19)15-12(17)8-5-4-6-9(10(8)14)16(20)21/h4-7,11H,3H2,1-2H3,(H,15,17)(H,18,19)/t7-,11-/m0/s1. The van der Waals surface area contributed by atoms with Gasteiger partial charge in [-0.25, -0.2) is 4.79 Å². The van der Waals surface area contributed by atoms with Crippen LogP contribution in [0.3, 0.4) is 0 Å². The van der Waals surface area contributed by atoms with E-state index >= 15 is 0 Å². The number of nitro groups is 1. The smallest absolute Gasteiger partial charge is 0.326 e. The highest BCUT2D eigenvalue weighted by atomic mass is 35.5. The predicted molar refractivity (Wildman–Crippen MR) is 76.5 cm³/mol. The highest BCUT2D eigenvalue weighted by molar-refractivity contribution is 6.35. The zero-order valence-corrected chi connectivity index (χ0v) is 12.3. The Morgan fingerprint density at radius 1 is 1.48 bits per heavy atom. The second-order valence-corrected chi connectivity index (χ2v) is 4.95. The van der Waals surface area contributed by atoms with Crippen LogP contribution in [0.5, 0.6) is 0 Å². The topological polar surface area (TPSA) is 110 Å². The van der Waals surface area contributed by atoms with E-state index in [0.29, 0.717) is 6.42 Å². The molecule has 0 bridgehead atoms. The first-order valence-electron chi connectivity index (χ1n) is 6.26. The Morgan fingerprint density at radius 3 is 2.57 bits per heavy atom. The van der Waals surface area contributed by atoms with E-state index in [2.05, 4.69) is 5.32 Å². The number of nitrogens with zero attached hydrogens (tertiary/aromatic N) is 1. The van der Waals surface area contributed by atoms with Crippen molar-refractivity contribution in [2.45, 2.75) is 26.3 Å². The van der Waals surface area contributed by atoms with Gasteiger partial charge in [-0.05, 0) is 12.0 Å². The van der Waals surface area contributed by atoms with Crippen LogP contribution in [0.25, 0.3) is 0 Å². The first-order chi connectivity index (χ1) is 9.79. The highest BCUT2D eigenvalue weighted by Crippen LogP contribution is 2.27. The zero-order chi connectivity index (χ0) is 16.2. The van der Waals surface area contributed by atoms with Gasteiger partial charge in [0.1, 0.15) is 11.1 Å². The molecule has 0 aliphatic heterocycles. The summed E-state index contributed by atoms with van der Waals surface area (Å²) in [7, 11) is 0. The van der Waals surface area contributed by atoms with Crippen molar-refractivity contribution in [1.82, 2.24) is 5.32 Å². The molecule has 1 rings (SSSR count). The summed E-state index contributed by atoms with van der Waals surface area (Å²) in [5, 5.41) is 21.9. The summed E-state index contributed by atoms with van der Waals surface area (Å²) in [5.74, 6) is -2.21. The van der Waals surface area contributed by atoms with E-state index in [9.17, 15) is 19.7 Å². The van der Waals surface area contributed by atoms with E-state index in [0.717, 1.165) is 0 Å². The molecule has 1 aromatic rings. The van der Waals surface area contributed by atoms with Gasteiger partial charge in [0.05, 0.1) is 10.5 Å². The Kier molecular flexibility index (Phi) is 5.66. The summed E-state index contributed by atoms with van der Waals surface area (Å²) in [6, 6.07) is 2.71. The number of nitrogens with one attached hydrogen (secondary N) is 1. The molecule has 0 aliphatic rings. The van der Waals surface area contributed by atoms with Crippen LogP contribution < -0.4 is 5.32 Å². The first kappa shape index (κ1) is 16.9. The number of hydrogen-bond donors (Lipinski definition) is 2. The average molecular weight is 315 g/mol. The average Bonchev–Trinajstić information content (AvgIpc) is 2.43. The maximum atomic E-state index is 12.1. The first-order valence-corrected chi connectivity index (χ1v) is 6.63. The van der Waals surface area contributed by atoms with Crippen molar-refractivity contribution in [3.8, 4) is 0 Å². The Labute approximate surface area is 126 Å². The molecule has 0 saturated heterocycles. The zero-order valence-electron chi connectivity index (χ0n) is 11.5. The van der Waals surface area contributed by atoms with E-state index in [1.165, 1.54) is 18.2 Å². The lowest BCUT2D eigenvalue weighted by Crippen LogP contribution is -2.45. The number of carbonyl (C=O) groups is 2. The van der Waals surface area contributed by atoms with E-state index in [1.807, 2.05) is 0 Å². The molecule has 0 saturated carbocycles. The number of carbonyl (C=O) groups excluding carboxylic acids is 1. The maximum Gasteiger partial charge on any atom is 0.326 e. The summed E-state index contributed by atoms with van der Waals surface area (Å²) in [5.41, 5.74) is -0.528. The van der Waals surface area contributed by atoms with Crippen molar-refractivity contribution in [3.63, 3.8) is 0 Å². The fourth-order valence-electron chi connectivity index (χ4n) is 1.74. The second-order valence-electron chi connectivity index (χ2n) is 4.57. The monoisotopic (exact) mass is 314 g/mol. The number of amides is 1. The van der Waals surface area contributed by atoms with Crippen molar-refractivity contribution in [1.29, 1.82) is 0 Å². The molecule has 2 atom stereocenters. The number of rotatable bonds is 6. The van der Waals surface area contributed by atoms with Crippen LogP contribution in [0.15, 0.2) is 18.2 Å². The van der Waals surface area contributed by atoms with Gasteiger partial charge < -0.3 is 10.4 Å². The molecule has 0 heterocycles. The molecule has 114 valence electrons. The summed E-state index contributed by atoms with van der Waals surface area (Å²) in [4.78, 5) is 33.3. The minimum atomic E-state index is -1.17. The molecule has 1 amide bonds. The van der Waals surface area contributed by atoms with E-state index in [4.69, 9.17) is 16.7 Å². The summed E-state index contributed by atoms with van der Waals surface area (Å²) < 4.78 is 0. The SMILES string of the molecule is CC[C@H](C)[C@H](NC(=O)c1cccc([N+](=O)[O-])c1Cl)C(=O)O. The number of benzene rings is 1. The van der Waals surface area contributed by atoms with E-state index in [-0.39, 0.29) is 16.5 Å². The van der Waals surface area contributed by atoms with Gasteiger partial charge in [-0.15, -0.1) is 0 Å². The molecule has 1 aromatic carbocycles. The Balaban J connectivity index is 3.06. The quantitative estimate of drug-likeness (QED) is 0.619. The number of hydrogen-bond acceptors (Lipinski definition) is 4. The minimum absolute atomic E-state index is 0.125. The van der Waals surface area contributed by atoms with Crippen molar-refractivity contribution < 1.29 is 19.6 Å². The van der Waals surface area contributed by atoms with Gasteiger partial charge >= 0.3 is 5.97 Å². The van der Waals surface area contributed by atoms with Crippen LogP contribution in [-0.4, -0.2) is 27.9 Å². The van der Waals surface area contributed by atoms with Crippen molar-refractivity contribution in [3.05, 3.63) is 38.9 Å². The fourth-order valence-corrected chi connectivity index (χ4v) is 2.02. The number of nitro benzene ring substituents is 1. The van der Waals surface area contributed by atoms with Gasteiger partial charge in [0.15, 0.2) is 0 Å². The number of carboxylic acid groups (broad SMARTS) is 1. The van der Waals surface area contributed by atoms with Crippen LogP contribution in [0, 0.1) is 16.0 Å². The predicted octanol–water partition coefficient (Wildman–Crippen LogP) is 2.48. The van der Waals surface area contributed by atoms with Gasteiger partial charge in [0.2, 0.25) is 0 Å². The Morgan fingerprint density at radius 2 is 2.10 bits per heavy atom. The normalized spacial score (nSPS) is 13.3. The molecular weight excluding hydrogens is 300 g/mol. The molecule has 0 spiro atoms. The van der Waals surface area contributed by atoms with E-state index in [1.54, 1.807) is 13.8 Å². The highest BCUT2D eigenvalue weighted by Gasteiger charge is 2.28. The van der Waals surface area contributed by atoms with Gasteiger partial charge in [0, 0.05) is 6.07 Å². The largest absolute Gasteiger partial charge is 0.480 e. The summed E-state index contributed by atoms with van der Waals surface area (Å²) in [6.45, 7) is 3.49. The molecular formula is C13H15ClN2O5. The molecule has 8 heteroatoms. The lowest BCUT2D eigenvalue weighted by molar-refractivity contribution is -0.384. The molecule has 0 aliphatic carbocycles. The molecule has 2 N–H and O–H groups in total. The summed E-state index contributed by atoms with van der Waals surface area (Å²) in [6.07, 6.45) is 0.555.